The average molecular weight is 330 g/mol. The number of carbonyl (C=O) groups is 1. The minimum absolute atomic E-state index is 0.194. The molecule has 2 aromatic heterocycles. The van der Waals surface area contributed by atoms with Crippen LogP contribution in [0.5, 0.6) is 5.88 Å². The third-order valence-electron chi connectivity index (χ3n) is 3.62. The molecule has 1 fully saturated rings. The number of pyridine rings is 1. The van der Waals surface area contributed by atoms with E-state index in [4.69, 9.17) is 15.3 Å². The zero-order valence-corrected chi connectivity index (χ0v) is 13.2. The van der Waals surface area contributed by atoms with E-state index in [-0.39, 0.29) is 5.69 Å². The van der Waals surface area contributed by atoms with Gasteiger partial charge in [0.15, 0.2) is 5.82 Å². The van der Waals surface area contributed by atoms with Crippen molar-refractivity contribution in [2.45, 2.75) is 0 Å². The number of nitrogens with one attached hydrogen (secondary N) is 1. The first-order valence-corrected chi connectivity index (χ1v) is 7.44. The molecule has 9 nitrogen and oxygen atoms in total. The Bertz CT molecular complexity index is 716. The van der Waals surface area contributed by atoms with E-state index in [1.54, 1.807) is 31.5 Å². The van der Waals surface area contributed by atoms with E-state index in [0.717, 1.165) is 0 Å². The molecule has 0 radical (unpaired) electrons. The molecule has 9 heteroatoms. The van der Waals surface area contributed by atoms with Gasteiger partial charge in [-0.1, -0.05) is 0 Å². The highest BCUT2D eigenvalue weighted by Gasteiger charge is 2.18. The minimum atomic E-state index is -0.477. The molecule has 0 aliphatic carbocycles. The van der Waals surface area contributed by atoms with Crippen molar-refractivity contribution in [3.05, 3.63) is 30.1 Å². The first-order valence-electron chi connectivity index (χ1n) is 7.44. The van der Waals surface area contributed by atoms with Gasteiger partial charge in [0.2, 0.25) is 5.88 Å². The molecule has 1 amide bonds. The predicted octanol–water partition coefficient (Wildman–Crippen LogP) is -0.0127. The van der Waals surface area contributed by atoms with E-state index in [1.165, 1.54) is 0 Å². The lowest BCUT2D eigenvalue weighted by atomic mass is 10.2. The van der Waals surface area contributed by atoms with Crippen LogP contribution in [0.4, 0.5) is 5.82 Å². The number of anilines is 1. The zero-order chi connectivity index (χ0) is 16.9. The normalized spacial score (nSPS) is 14.3. The Kier molecular flexibility index (Phi) is 4.82. The fourth-order valence-corrected chi connectivity index (χ4v) is 2.34. The number of rotatable bonds is 4. The summed E-state index contributed by atoms with van der Waals surface area (Å²) in [6, 6.07) is 5.12. The number of ether oxygens (including phenoxy) is 2. The van der Waals surface area contributed by atoms with Crippen molar-refractivity contribution < 1.29 is 14.3 Å². The van der Waals surface area contributed by atoms with Crippen LogP contribution in [0.25, 0.3) is 11.4 Å². The summed E-state index contributed by atoms with van der Waals surface area (Å²) in [5.41, 5.74) is 2.97. The number of hydrazine groups is 1. The van der Waals surface area contributed by atoms with Crippen LogP contribution in [0.15, 0.2) is 24.4 Å². The fraction of sp³-hybridized carbons (Fsp3) is 0.333. The van der Waals surface area contributed by atoms with Crippen LogP contribution in [-0.4, -0.2) is 54.3 Å². The van der Waals surface area contributed by atoms with E-state index in [9.17, 15) is 4.79 Å². The molecule has 3 heterocycles. The number of nitrogen functional groups attached to an aromatic ring is 1. The third-order valence-corrected chi connectivity index (χ3v) is 3.62. The Morgan fingerprint density at radius 3 is 2.75 bits per heavy atom. The monoisotopic (exact) mass is 330 g/mol. The molecule has 1 aliphatic heterocycles. The van der Waals surface area contributed by atoms with Crippen LogP contribution in [0, 0.1) is 0 Å². The van der Waals surface area contributed by atoms with Crippen LogP contribution in [-0.2, 0) is 4.74 Å². The van der Waals surface area contributed by atoms with Crippen molar-refractivity contribution >= 4 is 11.7 Å². The number of methoxy groups -OCH3 is 1. The number of hydrogen-bond acceptors (Lipinski definition) is 8. The Labute approximate surface area is 138 Å². The van der Waals surface area contributed by atoms with Crippen LogP contribution >= 0.6 is 0 Å². The van der Waals surface area contributed by atoms with E-state index in [2.05, 4.69) is 20.4 Å². The van der Waals surface area contributed by atoms with E-state index >= 15 is 0 Å². The molecule has 2 aromatic rings. The largest absolute Gasteiger partial charge is 0.481 e. The van der Waals surface area contributed by atoms with Crippen molar-refractivity contribution in [3.8, 4) is 17.3 Å². The van der Waals surface area contributed by atoms with Crippen molar-refractivity contribution in [3.63, 3.8) is 0 Å². The Morgan fingerprint density at radius 1 is 1.33 bits per heavy atom. The molecule has 3 rings (SSSR count). The predicted molar refractivity (Wildman–Crippen MR) is 86.5 cm³/mol. The number of nitrogens with zero attached hydrogens (tertiary/aromatic N) is 4. The number of amides is 1. The maximum Gasteiger partial charge on any atom is 0.283 e. The van der Waals surface area contributed by atoms with Gasteiger partial charge in [-0.25, -0.2) is 20.8 Å². The molecule has 126 valence electrons. The molecular weight excluding hydrogens is 312 g/mol. The lowest BCUT2D eigenvalue weighted by molar-refractivity contribution is 0.0948. The second-order valence-corrected chi connectivity index (χ2v) is 5.10. The summed E-state index contributed by atoms with van der Waals surface area (Å²) in [5, 5.41) is 0. The van der Waals surface area contributed by atoms with Crippen molar-refractivity contribution in [2.75, 3.05) is 38.3 Å². The molecule has 0 atom stereocenters. The highest BCUT2D eigenvalue weighted by atomic mass is 16.5. The summed E-state index contributed by atoms with van der Waals surface area (Å²) in [6.07, 6.45) is 1.60. The zero-order valence-electron chi connectivity index (χ0n) is 13.2. The van der Waals surface area contributed by atoms with E-state index in [1.807, 2.05) is 4.90 Å². The summed E-state index contributed by atoms with van der Waals surface area (Å²) in [7, 11) is 1.54. The maximum absolute atomic E-state index is 11.9. The second kappa shape index (κ2) is 7.20. The van der Waals surface area contributed by atoms with Crippen LogP contribution < -0.4 is 20.9 Å². The van der Waals surface area contributed by atoms with Gasteiger partial charge in [-0.05, 0) is 6.07 Å². The lowest BCUT2D eigenvalue weighted by Crippen LogP contribution is -2.37. The van der Waals surface area contributed by atoms with Gasteiger partial charge in [0.1, 0.15) is 11.5 Å². The standard InChI is InChI=1S/C15H18N6O3/c1-23-13-3-2-10(9-17-13)14-18-11(15(22)20-16)8-12(19-14)21-4-6-24-7-5-21/h2-3,8-9H,4-7,16H2,1H3,(H,20,22). The molecule has 0 aromatic carbocycles. The molecule has 0 saturated carbocycles. The van der Waals surface area contributed by atoms with Gasteiger partial charge < -0.3 is 14.4 Å². The molecule has 24 heavy (non-hydrogen) atoms. The van der Waals surface area contributed by atoms with Crippen molar-refractivity contribution in [1.29, 1.82) is 0 Å². The third kappa shape index (κ3) is 3.42. The van der Waals surface area contributed by atoms with Crippen LogP contribution in [0.3, 0.4) is 0 Å². The van der Waals surface area contributed by atoms with Crippen molar-refractivity contribution in [1.82, 2.24) is 20.4 Å². The van der Waals surface area contributed by atoms with Gasteiger partial charge in [0, 0.05) is 37.0 Å². The summed E-state index contributed by atoms with van der Waals surface area (Å²) in [5.74, 6) is 6.30. The van der Waals surface area contributed by atoms with Gasteiger partial charge >= 0.3 is 0 Å². The second-order valence-electron chi connectivity index (χ2n) is 5.10. The highest BCUT2D eigenvalue weighted by Crippen LogP contribution is 2.22. The number of morpholine rings is 1. The Morgan fingerprint density at radius 2 is 2.12 bits per heavy atom. The molecule has 1 saturated heterocycles. The van der Waals surface area contributed by atoms with Gasteiger partial charge in [-0.15, -0.1) is 0 Å². The molecule has 0 spiro atoms. The number of aromatic nitrogens is 3. The Balaban J connectivity index is 2.01. The highest BCUT2D eigenvalue weighted by molar-refractivity contribution is 5.93. The summed E-state index contributed by atoms with van der Waals surface area (Å²) in [4.78, 5) is 27.0. The average Bonchev–Trinajstić information content (AvgIpc) is 2.67. The first-order chi connectivity index (χ1) is 11.7. The van der Waals surface area contributed by atoms with Crippen LogP contribution in [0.1, 0.15) is 10.5 Å². The SMILES string of the molecule is COc1ccc(-c2nc(C(=O)NN)cc(N3CCOCC3)n2)cn1. The Hall–Kier alpha value is -2.78. The topological polar surface area (TPSA) is 115 Å². The lowest BCUT2D eigenvalue weighted by Gasteiger charge is -2.28. The quantitative estimate of drug-likeness (QED) is 0.457. The maximum atomic E-state index is 11.9. The van der Waals surface area contributed by atoms with Gasteiger partial charge in [0.25, 0.3) is 5.91 Å². The summed E-state index contributed by atoms with van der Waals surface area (Å²) < 4.78 is 10.4. The molecule has 3 N–H and O–H groups in total. The number of hydrogen-bond donors (Lipinski definition) is 2. The number of carbonyl (C=O) groups excluding carboxylic acids is 1. The van der Waals surface area contributed by atoms with Crippen molar-refractivity contribution in [2.24, 2.45) is 5.84 Å². The van der Waals surface area contributed by atoms with Gasteiger partial charge in [-0.3, -0.25) is 10.2 Å². The number of nitrogens with two attached hydrogens (primary N) is 1. The molecule has 0 unspecified atom stereocenters. The molecule has 1 aliphatic rings. The first kappa shape index (κ1) is 16.1. The van der Waals surface area contributed by atoms with E-state index in [0.29, 0.717) is 49.4 Å². The van der Waals surface area contributed by atoms with Crippen LogP contribution in [0.2, 0.25) is 0 Å². The summed E-state index contributed by atoms with van der Waals surface area (Å²) >= 11 is 0. The smallest absolute Gasteiger partial charge is 0.283 e. The fourth-order valence-electron chi connectivity index (χ4n) is 2.34. The van der Waals surface area contributed by atoms with Gasteiger partial charge in [-0.2, -0.15) is 0 Å². The van der Waals surface area contributed by atoms with E-state index < -0.39 is 5.91 Å². The minimum Gasteiger partial charge on any atom is -0.481 e. The van der Waals surface area contributed by atoms with Gasteiger partial charge in [0.05, 0.1) is 20.3 Å². The molecular formula is C15H18N6O3. The molecule has 0 bridgehead atoms. The summed E-state index contributed by atoms with van der Waals surface area (Å²) in [6.45, 7) is 2.62.